The summed E-state index contributed by atoms with van der Waals surface area (Å²) in [4.78, 5) is 13.0. The molecule has 2 nitrogen and oxygen atoms in total. The highest BCUT2D eigenvalue weighted by Crippen LogP contribution is 2.60. The van der Waals surface area contributed by atoms with Crippen molar-refractivity contribution in [2.24, 2.45) is 23.2 Å². The van der Waals surface area contributed by atoms with Crippen LogP contribution in [0.15, 0.2) is 24.3 Å². The number of amides is 1. The van der Waals surface area contributed by atoms with Crippen molar-refractivity contribution in [3.8, 4) is 0 Å². The third-order valence-corrected chi connectivity index (χ3v) is 6.61. The van der Waals surface area contributed by atoms with E-state index in [2.05, 4.69) is 5.32 Å². The summed E-state index contributed by atoms with van der Waals surface area (Å²) in [6.45, 7) is 1.85. The van der Waals surface area contributed by atoms with Gasteiger partial charge in [0, 0.05) is 5.41 Å². The number of carbonyl (C=O) groups is 1. The van der Waals surface area contributed by atoms with Crippen molar-refractivity contribution in [3.63, 3.8) is 0 Å². The van der Waals surface area contributed by atoms with Gasteiger partial charge in [0.15, 0.2) is 0 Å². The molecule has 5 rings (SSSR count). The van der Waals surface area contributed by atoms with Gasteiger partial charge in [0.05, 0.1) is 11.6 Å². The Balaban J connectivity index is 1.46. The second-order valence-corrected chi connectivity index (χ2v) is 8.51. The first-order valence-corrected chi connectivity index (χ1v) is 9.23. The molecule has 0 heterocycles. The van der Waals surface area contributed by atoms with E-state index >= 15 is 0 Å². The number of alkyl halides is 3. The second kappa shape index (κ2) is 5.75. The van der Waals surface area contributed by atoms with Crippen LogP contribution < -0.4 is 5.32 Å². The number of hydrogen-bond acceptors (Lipinski definition) is 1. The molecule has 4 bridgehead atoms. The van der Waals surface area contributed by atoms with Gasteiger partial charge < -0.3 is 5.32 Å². The van der Waals surface area contributed by atoms with E-state index in [0.29, 0.717) is 23.3 Å². The quantitative estimate of drug-likeness (QED) is 0.806. The fourth-order valence-corrected chi connectivity index (χ4v) is 5.78. The summed E-state index contributed by atoms with van der Waals surface area (Å²) in [7, 11) is 0. The van der Waals surface area contributed by atoms with Gasteiger partial charge >= 0.3 is 6.18 Å². The summed E-state index contributed by atoms with van der Waals surface area (Å²) in [6.07, 6.45) is 2.48. The number of rotatable bonds is 3. The van der Waals surface area contributed by atoms with Crippen LogP contribution in [0.5, 0.6) is 0 Å². The van der Waals surface area contributed by atoms with Crippen LogP contribution in [-0.4, -0.2) is 5.91 Å². The Morgan fingerprint density at radius 3 is 1.96 bits per heavy atom. The van der Waals surface area contributed by atoms with Gasteiger partial charge in [-0.25, -0.2) is 0 Å². The molecule has 136 valence electrons. The van der Waals surface area contributed by atoms with E-state index in [1.165, 1.54) is 31.4 Å². The van der Waals surface area contributed by atoms with Crippen molar-refractivity contribution >= 4 is 5.91 Å². The Morgan fingerprint density at radius 1 is 1.04 bits per heavy atom. The molecule has 1 amide bonds. The first kappa shape index (κ1) is 16.9. The lowest BCUT2D eigenvalue weighted by Crippen LogP contribution is -2.53. The topological polar surface area (TPSA) is 29.1 Å². The molecule has 0 saturated heterocycles. The maximum atomic E-state index is 13.0. The van der Waals surface area contributed by atoms with E-state index in [9.17, 15) is 18.0 Å². The third kappa shape index (κ3) is 3.06. The largest absolute Gasteiger partial charge is 0.416 e. The minimum absolute atomic E-state index is 0.110. The molecule has 0 aliphatic heterocycles. The van der Waals surface area contributed by atoms with E-state index in [1.54, 1.807) is 0 Å². The minimum Gasteiger partial charge on any atom is -0.349 e. The van der Waals surface area contributed by atoms with E-state index in [4.69, 9.17) is 0 Å². The summed E-state index contributed by atoms with van der Waals surface area (Å²) in [5.41, 5.74) is -0.170. The van der Waals surface area contributed by atoms with Crippen molar-refractivity contribution in [2.75, 3.05) is 0 Å². The molecular formula is C20H24F3NO. The molecule has 4 aliphatic carbocycles. The molecule has 1 atom stereocenters. The van der Waals surface area contributed by atoms with Crippen molar-refractivity contribution < 1.29 is 18.0 Å². The highest BCUT2D eigenvalue weighted by atomic mass is 19.4. The monoisotopic (exact) mass is 351 g/mol. The van der Waals surface area contributed by atoms with Crippen molar-refractivity contribution in [3.05, 3.63) is 35.4 Å². The van der Waals surface area contributed by atoms with Crippen molar-refractivity contribution in [1.29, 1.82) is 0 Å². The lowest BCUT2D eigenvalue weighted by molar-refractivity contribution is -0.147. The number of benzene rings is 1. The Kier molecular flexibility index (Phi) is 3.89. The van der Waals surface area contributed by atoms with E-state index < -0.39 is 11.7 Å². The molecule has 1 aromatic carbocycles. The fourth-order valence-electron chi connectivity index (χ4n) is 5.78. The van der Waals surface area contributed by atoms with Gasteiger partial charge in [0.25, 0.3) is 0 Å². The van der Waals surface area contributed by atoms with Gasteiger partial charge in [-0.3, -0.25) is 4.79 Å². The van der Waals surface area contributed by atoms with Crippen LogP contribution >= 0.6 is 0 Å². The highest BCUT2D eigenvalue weighted by Gasteiger charge is 2.54. The van der Waals surface area contributed by atoms with E-state index in [0.717, 1.165) is 31.4 Å². The van der Waals surface area contributed by atoms with E-state index in [1.807, 2.05) is 6.92 Å². The summed E-state index contributed by atoms with van der Waals surface area (Å²) in [5.74, 6) is 2.19. The summed E-state index contributed by atoms with van der Waals surface area (Å²) in [5, 5.41) is 3.09. The van der Waals surface area contributed by atoms with Crippen LogP contribution in [0.1, 0.15) is 62.6 Å². The lowest BCUT2D eigenvalue weighted by Gasteiger charge is -2.55. The van der Waals surface area contributed by atoms with Gasteiger partial charge in [-0.05, 0) is 80.9 Å². The SMILES string of the molecule is C[C@@H](NC(=O)C12CC3CC(CC(C3)C1)C2)c1ccc(C(F)(F)F)cc1. The Morgan fingerprint density at radius 2 is 1.52 bits per heavy atom. The second-order valence-electron chi connectivity index (χ2n) is 8.51. The van der Waals surface area contributed by atoms with Crippen LogP contribution in [0.4, 0.5) is 13.2 Å². The van der Waals surface area contributed by atoms with Gasteiger partial charge in [-0.15, -0.1) is 0 Å². The van der Waals surface area contributed by atoms with Crippen LogP contribution in [0.25, 0.3) is 0 Å². The predicted octanol–water partition coefficient (Wildman–Crippen LogP) is 5.10. The molecule has 4 fully saturated rings. The zero-order chi connectivity index (χ0) is 17.8. The Labute approximate surface area is 146 Å². The van der Waals surface area contributed by atoms with Crippen LogP contribution in [-0.2, 0) is 11.0 Å². The van der Waals surface area contributed by atoms with Crippen molar-refractivity contribution in [1.82, 2.24) is 5.32 Å². The maximum absolute atomic E-state index is 13.0. The van der Waals surface area contributed by atoms with Crippen LogP contribution in [0.3, 0.4) is 0 Å². The molecule has 0 radical (unpaired) electrons. The van der Waals surface area contributed by atoms with E-state index in [-0.39, 0.29) is 17.4 Å². The van der Waals surface area contributed by atoms with Crippen LogP contribution in [0.2, 0.25) is 0 Å². The molecule has 4 saturated carbocycles. The molecule has 1 aromatic rings. The third-order valence-electron chi connectivity index (χ3n) is 6.61. The molecule has 5 heteroatoms. The Hall–Kier alpha value is -1.52. The molecule has 0 spiro atoms. The Bertz CT molecular complexity index is 629. The van der Waals surface area contributed by atoms with Gasteiger partial charge in [-0.2, -0.15) is 13.2 Å². The highest BCUT2D eigenvalue weighted by molar-refractivity contribution is 5.83. The molecule has 1 N–H and O–H groups in total. The number of carbonyl (C=O) groups excluding carboxylic acids is 1. The summed E-state index contributed by atoms with van der Waals surface area (Å²) in [6, 6.07) is 4.83. The lowest BCUT2D eigenvalue weighted by atomic mass is 9.49. The summed E-state index contributed by atoms with van der Waals surface area (Å²) >= 11 is 0. The smallest absolute Gasteiger partial charge is 0.349 e. The number of nitrogens with one attached hydrogen (secondary N) is 1. The number of halogens is 3. The standard InChI is InChI=1S/C20H24F3NO/c1-12(16-2-4-17(5-3-16)20(21,22)23)24-18(25)19-9-13-6-14(10-19)8-15(7-13)11-19/h2-5,12-15H,6-11H2,1H3,(H,24,25)/t12-,13?,14?,15?,19?/m1/s1. The molecule has 0 unspecified atom stereocenters. The van der Waals surface area contributed by atoms with Gasteiger partial charge in [-0.1, -0.05) is 12.1 Å². The number of hydrogen-bond donors (Lipinski definition) is 1. The first-order chi connectivity index (χ1) is 11.7. The zero-order valence-corrected chi connectivity index (χ0v) is 14.4. The molecule has 4 aliphatic rings. The fraction of sp³-hybridized carbons (Fsp3) is 0.650. The van der Waals surface area contributed by atoms with Gasteiger partial charge in [0.2, 0.25) is 5.91 Å². The first-order valence-electron chi connectivity index (χ1n) is 9.23. The predicted molar refractivity (Wildman–Crippen MR) is 88.6 cm³/mol. The summed E-state index contributed by atoms with van der Waals surface area (Å²) < 4.78 is 38.1. The van der Waals surface area contributed by atoms with Crippen molar-refractivity contribution in [2.45, 2.75) is 57.7 Å². The zero-order valence-electron chi connectivity index (χ0n) is 14.4. The molecule has 0 aromatic heterocycles. The molecule has 25 heavy (non-hydrogen) atoms. The average Bonchev–Trinajstić information content (AvgIpc) is 2.52. The maximum Gasteiger partial charge on any atom is 0.416 e. The normalized spacial score (nSPS) is 34.8. The minimum atomic E-state index is -4.33. The van der Waals surface area contributed by atoms with Crippen LogP contribution in [0, 0.1) is 23.2 Å². The van der Waals surface area contributed by atoms with Gasteiger partial charge in [0.1, 0.15) is 0 Å². The average molecular weight is 351 g/mol. The molecular weight excluding hydrogens is 327 g/mol.